The van der Waals surface area contributed by atoms with Crippen LogP contribution in [0.25, 0.3) is 10.4 Å². The Hall–Kier alpha value is -1.63. The lowest BCUT2D eigenvalue weighted by molar-refractivity contribution is 0.0818. The van der Waals surface area contributed by atoms with Crippen LogP contribution in [-0.4, -0.2) is 40.2 Å². The molecule has 1 N–H and O–H groups in total. The fraction of sp³-hybridized carbons (Fsp3) is 0.375. The maximum atomic E-state index is 10.1. The van der Waals surface area contributed by atoms with Crippen LogP contribution in [0, 0.1) is 13.8 Å². The summed E-state index contributed by atoms with van der Waals surface area (Å²) >= 11 is 14.6. The molecule has 1 aliphatic heterocycles. The van der Waals surface area contributed by atoms with E-state index in [1.165, 1.54) is 4.88 Å². The van der Waals surface area contributed by atoms with Gasteiger partial charge in [0.05, 0.1) is 27.7 Å². The average Bonchev–Trinajstić information content (AvgIpc) is 3.40. The molecule has 0 unspecified atom stereocenters. The van der Waals surface area contributed by atoms with Crippen LogP contribution in [0.2, 0.25) is 10.0 Å². The van der Waals surface area contributed by atoms with Gasteiger partial charge in [-0.05, 0) is 74.2 Å². The molecule has 4 nitrogen and oxygen atoms in total. The summed E-state index contributed by atoms with van der Waals surface area (Å²) in [5.74, 6) is 0.807. The summed E-state index contributed by atoms with van der Waals surface area (Å²) in [6, 6.07) is 12.1. The third kappa shape index (κ3) is 4.10. The molecule has 2 heterocycles. The molecule has 0 radical (unpaired) electrons. The van der Waals surface area contributed by atoms with Crippen molar-refractivity contribution < 1.29 is 9.84 Å². The van der Waals surface area contributed by atoms with E-state index in [-0.39, 0.29) is 18.2 Å². The molecule has 3 aromatic rings. The van der Waals surface area contributed by atoms with E-state index in [1.54, 1.807) is 17.4 Å². The van der Waals surface area contributed by atoms with Crippen molar-refractivity contribution in [2.24, 2.45) is 0 Å². The zero-order chi connectivity index (χ0) is 21.7. The number of hydrogen-bond acceptors (Lipinski definition) is 5. The molecule has 1 aromatic heterocycles. The van der Waals surface area contributed by atoms with Gasteiger partial charge in [-0.15, -0.1) is 11.3 Å². The van der Waals surface area contributed by atoms with Gasteiger partial charge in [0.1, 0.15) is 11.9 Å². The molecule has 3 atom stereocenters. The fourth-order valence-electron chi connectivity index (χ4n) is 4.78. The van der Waals surface area contributed by atoms with E-state index in [1.807, 2.05) is 32.0 Å². The van der Waals surface area contributed by atoms with Crippen LogP contribution in [0.3, 0.4) is 0 Å². The van der Waals surface area contributed by atoms with E-state index in [0.717, 1.165) is 52.5 Å². The van der Waals surface area contributed by atoms with Gasteiger partial charge in [0, 0.05) is 28.7 Å². The highest BCUT2D eigenvalue weighted by Gasteiger charge is 2.41. The fourth-order valence-corrected chi connectivity index (χ4v) is 6.29. The standard InChI is InChI=1S/C24H24Cl2N2O2S/c1-13-24(31-14(2)27-13)15-3-5-18(6-4-15)30-23-20-9-16(25)10-21(26)19(20)11-22(23)28-8-7-17(29)12-28/h3-6,9-10,17,22-23,29H,7-8,11-12H2,1-2H3/t17-,22+,23+/m1/s1. The number of hydrogen-bond donors (Lipinski definition) is 1. The number of aliphatic hydroxyl groups excluding tert-OH is 1. The quantitative estimate of drug-likeness (QED) is 0.515. The first-order chi connectivity index (χ1) is 14.9. The van der Waals surface area contributed by atoms with Crippen LogP contribution < -0.4 is 4.74 Å². The number of rotatable bonds is 4. The predicted molar refractivity (Wildman–Crippen MR) is 127 cm³/mol. The van der Waals surface area contributed by atoms with Crippen LogP contribution >= 0.6 is 34.5 Å². The van der Waals surface area contributed by atoms with E-state index >= 15 is 0 Å². The summed E-state index contributed by atoms with van der Waals surface area (Å²) in [7, 11) is 0. The number of ether oxygens (including phenoxy) is 1. The van der Waals surface area contributed by atoms with Gasteiger partial charge in [-0.25, -0.2) is 4.98 Å². The number of thiazole rings is 1. The van der Waals surface area contributed by atoms with Crippen LogP contribution in [0.4, 0.5) is 0 Å². The minimum atomic E-state index is -0.284. The van der Waals surface area contributed by atoms with Crippen molar-refractivity contribution >= 4 is 34.5 Å². The Bertz CT molecular complexity index is 1120. The summed E-state index contributed by atoms with van der Waals surface area (Å²) in [6.07, 6.45) is 1.11. The minimum Gasteiger partial charge on any atom is -0.484 e. The van der Waals surface area contributed by atoms with E-state index in [2.05, 4.69) is 22.0 Å². The molecule has 2 aliphatic rings. The van der Waals surface area contributed by atoms with Crippen molar-refractivity contribution in [2.45, 2.75) is 44.9 Å². The van der Waals surface area contributed by atoms with Crippen molar-refractivity contribution in [3.8, 4) is 16.2 Å². The van der Waals surface area contributed by atoms with Crippen LogP contribution in [0.1, 0.15) is 34.4 Å². The Kier molecular flexibility index (Phi) is 5.74. The molecule has 0 amide bonds. The number of aryl methyl sites for hydroxylation is 2. The Labute approximate surface area is 196 Å². The zero-order valence-corrected chi connectivity index (χ0v) is 19.8. The predicted octanol–water partition coefficient (Wildman–Crippen LogP) is 5.85. The minimum absolute atomic E-state index is 0.120. The highest BCUT2D eigenvalue weighted by Crippen LogP contribution is 2.43. The number of β-amino-alcohol motifs (C(OH)–C–C–N with tert-alkyl or cyclic N) is 1. The molecule has 0 saturated carbocycles. The van der Waals surface area contributed by atoms with Gasteiger partial charge in [-0.1, -0.05) is 23.2 Å². The molecule has 5 rings (SSSR count). The normalized spacial score (nSPS) is 23.3. The lowest BCUT2D eigenvalue weighted by Gasteiger charge is -2.30. The van der Waals surface area contributed by atoms with Gasteiger partial charge in [0.25, 0.3) is 0 Å². The van der Waals surface area contributed by atoms with Crippen LogP contribution in [0.15, 0.2) is 36.4 Å². The zero-order valence-electron chi connectivity index (χ0n) is 17.4. The second kappa shape index (κ2) is 8.38. The summed E-state index contributed by atoms with van der Waals surface area (Å²) in [6.45, 7) is 5.59. The van der Waals surface area contributed by atoms with E-state index in [4.69, 9.17) is 27.9 Å². The molecule has 2 aromatic carbocycles. The maximum absolute atomic E-state index is 10.1. The molecule has 1 aliphatic carbocycles. The number of aromatic nitrogens is 1. The van der Waals surface area contributed by atoms with Crippen molar-refractivity contribution in [1.29, 1.82) is 0 Å². The van der Waals surface area contributed by atoms with Gasteiger partial charge in [0.2, 0.25) is 0 Å². The highest BCUT2D eigenvalue weighted by atomic mass is 35.5. The Morgan fingerprint density at radius 3 is 2.58 bits per heavy atom. The van der Waals surface area contributed by atoms with Crippen LogP contribution in [-0.2, 0) is 6.42 Å². The van der Waals surface area contributed by atoms with Gasteiger partial charge >= 0.3 is 0 Å². The SMILES string of the molecule is Cc1nc(C)c(-c2ccc(O[C@H]3c4cc(Cl)cc(Cl)c4C[C@@H]3N3CC[C@@H](O)C3)cc2)s1. The van der Waals surface area contributed by atoms with Crippen molar-refractivity contribution in [3.05, 3.63) is 68.3 Å². The van der Waals surface area contributed by atoms with Gasteiger partial charge in [-0.3, -0.25) is 4.90 Å². The highest BCUT2D eigenvalue weighted by molar-refractivity contribution is 7.15. The number of likely N-dealkylation sites (tertiary alicyclic amines) is 1. The smallest absolute Gasteiger partial charge is 0.140 e. The summed E-state index contributed by atoms with van der Waals surface area (Å²) < 4.78 is 6.55. The molecular weight excluding hydrogens is 451 g/mol. The van der Waals surface area contributed by atoms with Crippen LogP contribution in [0.5, 0.6) is 5.75 Å². The average molecular weight is 475 g/mol. The number of fused-ring (bicyclic) bond motifs is 1. The van der Waals surface area contributed by atoms with Gasteiger partial charge in [0.15, 0.2) is 0 Å². The van der Waals surface area contributed by atoms with E-state index in [9.17, 15) is 5.11 Å². The molecule has 0 spiro atoms. The molecule has 7 heteroatoms. The lowest BCUT2D eigenvalue weighted by Crippen LogP contribution is -2.39. The first-order valence-corrected chi connectivity index (χ1v) is 12.1. The third-order valence-corrected chi connectivity index (χ3v) is 7.89. The summed E-state index contributed by atoms with van der Waals surface area (Å²) in [5.41, 5.74) is 4.34. The van der Waals surface area contributed by atoms with Crippen molar-refractivity contribution in [2.75, 3.05) is 13.1 Å². The van der Waals surface area contributed by atoms with Crippen molar-refractivity contribution in [1.82, 2.24) is 9.88 Å². The second-order valence-corrected chi connectivity index (χ2v) is 10.4. The summed E-state index contributed by atoms with van der Waals surface area (Å²) in [4.78, 5) is 8.04. The Balaban J connectivity index is 1.45. The first-order valence-electron chi connectivity index (χ1n) is 10.5. The summed E-state index contributed by atoms with van der Waals surface area (Å²) in [5, 5.41) is 12.5. The molecular formula is C24H24Cl2N2O2S. The van der Waals surface area contributed by atoms with Gasteiger partial charge in [-0.2, -0.15) is 0 Å². The molecule has 31 heavy (non-hydrogen) atoms. The van der Waals surface area contributed by atoms with E-state index < -0.39 is 0 Å². The molecule has 162 valence electrons. The Morgan fingerprint density at radius 2 is 1.94 bits per heavy atom. The largest absolute Gasteiger partial charge is 0.484 e. The third-order valence-electron chi connectivity index (χ3n) is 6.21. The lowest BCUT2D eigenvalue weighted by atomic mass is 10.1. The topological polar surface area (TPSA) is 45.6 Å². The number of nitrogens with zero attached hydrogens (tertiary/aromatic N) is 2. The van der Waals surface area contributed by atoms with Crippen molar-refractivity contribution in [3.63, 3.8) is 0 Å². The number of aliphatic hydroxyl groups is 1. The molecule has 1 fully saturated rings. The Morgan fingerprint density at radius 1 is 1.16 bits per heavy atom. The number of halogens is 2. The monoisotopic (exact) mass is 474 g/mol. The maximum Gasteiger partial charge on any atom is 0.140 e. The molecule has 1 saturated heterocycles. The van der Waals surface area contributed by atoms with E-state index in [0.29, 0.717) is 16.6 Å². The number of benzene rings is 2. The first kappa shape index (κ1) is 21.2. The molecule has 0 bridgehead atoms. The second-order valence-electron chi connectivity index (χ2n) is 8.37. The van der Waals surface area contributed by atoms with Gasteiger partial charge < -0.3 is 9.84 Å².